The fourth-order valence-electron chi connectivity index (χ4n) is 3.89. The number of hydrogen-bond donors (Lipinski definition) is 2. The van der Waals surface area contributed by atoms with Crippen LogP contribution >= 0.6 is 0 Å². The van der Waals surface area contributed by atoms with Crippen LogP contribution in [0.3, 0.4) is 0 Å². The van der Waals surface area contributed by atoms with Gasteiger partial charge in [0, 0.05) is 22.3 Å². The van der Waals surface area contributed by atoms with E-state index in [4.69, 9.17) is 9.47 Å². The van der Waals surface area contributed by atoms with Gasteiger partial charge < -0.3 is 19.9 Å². The van der Waals surface area contributed by atoms with Crippen LogP contribution in [-0.4, -0.2) is 35.1 Å². The standard InChI is InChI=1S/C30H28N2O4/c1-21-5-3-7-25(19-21)29(31-33)23-9-13-27(14-10-23)35-17-18-36-28-15-11-24(12-16-28)30(32-34)26-8-4-6-22(2)20-26/h3-16,19-20,33-34H,17-18H2,1-2H3. The van der Waals surface area contributed by atoms with Crippen molar-refractivity contribution in [1.82, 2.24) is 0 Å². The third-order valence-electron chi connectivity index (χ3n) is 5.66. The van der Waals surface area contributed by atoms with Gasteiger partial charge in [0.15, 0.2) is 0 Å². The summed E-state index contributed by atoms with van der Waals surface area (Å²) in [5, 5.41) is 26.0. The second-order valence-electron chi connectivity index (χ2n) is 8.38. The average molecular weight is 481 g/mol. The average Bonchev–Trinajstić information content (AvgIpc) is 2.89. The van der Waals surface area contributed by atoms with Crippen LogP contribution in [0.5, 0.6) is 11.5 Å². The van der Waals surface area contributed by atoms with Crippen LogP contribution in [0.15, 0.2) is 107 Å². The van der Waals surface area contributed by atoms with E-state index >= 15 is 0 Å². The molecule has 0 saturated carbocycles. The topological polar surface area (TPSA) is 83.6 Å². The van der Waals surface area contributed by atoms with E-state index in [1.54, 1.807) is 0 Å². The Morgan fingerprint density at radius 3 is 1.28 bits per heavy atom. The summed E-state index contributed by atoms with van der Waals surface area (Å²) in [5.74, 6) is 1.39. The summed E-state index contributed by atoms with van der Waals surface area (Å²) in [6.07, 6.45) is 0. The van der Waals surface area contributed by atoms with E-state index in [1.807, 2.05) is 111 Å². The van der Waals surface area contributed by atoms with E-state index in [0.717, 1.165) is 33.4 Å². The van der Waals surface area contributed by atoms with Gasteiger partial charge in [-0.05, 0) is 74.5 Å². The quantitative estimate of drug-likeness (QED) is 0.129. The smallest absolute Gasteiger partial charge is 0.122 e. The first kappa shape index (κ1) is 24.5. The molecule has 0 fully saturated rings. The van der Waals surface area contributed by atoms with Crippen LogP contribution in [0.4, 0.5) is 0 Å². The van der Waals surface area contributed by atoms with Crippen molar-refractivity contribution in [3.8, 4) is 11.5 Å². The summed E-state index contributed by atoms with van der Waals surface area (Å²) in [7, 11) is 0. The molecule has 6 nitrogen and oxygen atoms in total. The van der Waals surface area contributed by atoms with Crippen LogP contribution < -0.4 is 9.47 Å². The van der Waals surface area contributed by atoms with Crippen molar-refractivity contribution >= 4 is 11.4 Å². The highest BCUT2D eigenvalue weighted by atomic mass is 16.5. The third-order valence-corrected chi connectivity index (χ3v) is 5.66. The van der Waals surface area contributed by atoms with Gasteiger partial charge in [-0.15, -0.1) is 0 Å². The second-order valence-corrected chi connectivity index (χ2v) is 8.38. The maximum atomic E-state index is 9.53. The SMILES string of the molecule is Cc1cccc(C(=NO)c2ccc(OCCOc3ccc(C(=NO)c4cccc(C)c4)cc3)cc2)c1. The predicted molar refractivity (Wildman–Crippen MR) is 141 cm³/mol. The highest BCUT2D eigenvalue weighted by Crippen LogP contribution is 2.19. The largest absolute Gasteiger partial charge is 0.490 e. The van der Waals surface area contributed by atoms with Gasteiger partial charge in [0.05, 0.1) is 0 Å². The molecule has 0 spiro atoms. The molecule has 0 aliphatic carbocycles. The number of benzene rings is 4. The molecule has 0 atom stereocenters. The van der Waals surface area contributed by atoms with E-state index in [2.05, 4.69) is 10.3 Å². The third kappa shape index (κ3) is 6.10. The van der Waals surface area contributed by atoms with E-state index < -0.39 is 0 Å². The minimum absolute atomic E-state index is 0.368. The highest BCUT2D eigenvalue weighted by molar-refractivity contribution is 6.13. The number of ether oxygens (including phenoxy) is 2. The Bertz CT molecular complexity index is 1250. The van der Waals surface area contributed by atoms with Crippen molar-refractivity contribution < 1.29 is 19.9 Å². The van der Waals surface area contributed by atoms with Crippen LogP contribution in [-0.2, 0) is 0 Å². The summed E-state index contributed by atoms with van der Waals surface area (Å²) in [4.78, 5) is 0. The van der Waals surface area contributed by atoms with Crippen molar-refractivity contribution in [2.45, 2.75) is 13.8 Å². The Balaban J connectivity index is 1.30. The number of hydrogen-bond acceptors (Lipinski definition) is 6. The molecule has 6 heteroatoms. The number of aryl methyl sites for hydroxylation is 2. The lowest BCUT2D eigenvalue weighted by Crippen LogP contribution is -2.09. The van der Waals surface area contributed by atoms with Gasteiger partial charge >= 0.3 is 0 Å². The minimum Gasteiger partial charge on any atom is -0.490 e. The molecule has 4 aromatic rings. The first-order valence-electron chi connectivity index (χ1n) is 11.6. The molecule has 0 radical (unpaired) electrons. The molecule has 0 aromatic heterocycles. The zero-order valence-electron chi connectivity index (χ0n) is 20.3. The fraction of sp³-hybridized carbons (Fsp3) is 0.133. The van der Waals surface area contributed by atoms with E-state index in [0.29, 0.717) is 36.1 Å². The van der Waals surface area contributed by atoms with E-state index in [9.17, 15) is 10.4 Å². The van der Waals surface area contributed by atoms with Crippen molar-refractivity contribution in [2.24, 2.45) is 10.3 Å². The Kier molecular flexibility index (Phi) is 7.98. The molecule has 0 aliphatic rings. The van der Waals surface area contributed by atoms with Gasteiger partial charge in [-0.3, -0.25) is 0 Å². The first-order chi connectivity index (χ1) is 17.6. The number of oxime groups is 2. The van der Waals surface area contributed by atoms with Crippen LogP contribution in [0, 0.1) is 13.8 Å². The molecule has 2 N–H and O–H groups in total. The molecule has 0 amide bonds. The summed E-state index contributed by atoms with van der Waals surface area (Å²) in [6.45, 7) is 4.73. The minimum atomic E-state index is 0.368. The van der Waals surface area contributed by atoms with Gasteiger partial charge in [-0.1, -0.05) is 57.8 Å². The van der Waals surface area contributed by atoms with E-state index in [1.165, 1.54) is 0 Å². The molecule has 36 heavy (non-hydrogen) atoms. The van der Waals surface area contributed by atoms with Gasteiger partial charge in [0.25, 0.3) is 0 Å². The maximum Gasteiger partial charge on any atom is 0.122 e. The highest BCUT2D eigenvalue weighted by Gasteiger charge is 2.10. The zero-order chi connectivity index (χ0) is 25.3. The van der Waals surface area contributed by atoms with Gasteiger partial charge in [-0.25, -0.2) is 0 Å². The molecule has 182 valence electrons. The monoisotopic (exact) mass is 480 g/mol. The van der Waals surface area contributed by atoms with Crippen molar-refractivity contribution in [3.05, 3.63) is 130 Å². The molecule has 0 heterocycles. The zero-order valence-corrected chi connectivity index (χ0v) is 20.3. The van der Waals surface area contributed by atoms with Crippen LogP contribution in [0.25, 0.3) is 0 Å². The predicted octanol–water partition coefficient (Wildman–Crippen LogP) is 6.21. The normalized spacial score (nSPS) is 11.8. The Labute approximate surface area is 210 Å². The van der Waals surface area contributed by atoms with Crippen LogP contribution in [0.2, 0.25) is 0 Å². The molecule has 4 rings (SSSR count). The molecule has 0 bridgehead atoms. The summed E-state index contributed by atoms with van der Waals surface area (Å²) in [5.41, 5.74) is 6.49. The maximum absolute atomic E-state index is 9.53. The summed E-state index contributed by atoms with van der Waals surface area (Å²) >= 11 is 0. The summed E-state index contributed by atoms with van der Waals surface area (Å²) in [6, 6.07) is 30.4. The molecule has 4 aromatic carbocycles. The fourth-order valence-corrected chi connectivity index (χ4v) is 3.89. The number of nitrogens with zero attached hydrogens (tertiary/aromatic N) is 2. The lowest BCUT2D eigenvalue weighted by atomic mass is 10.0. The Morgan fingerprint density at radius 2 is 0.944 bits per heavy atom. The Morgan fingerprint density at radius 1 is 0.556 bits per heavy atom. The van der Waals surface area contributed by atoms with Crippen molar-refractivity contribution in [2.75, 3.05) is 13.2 Å². The molecule has 0 saturated heterocycles. The lowest BCUT2D eigenvalue weighted by Gasteiger charge is -2.11. The van der Waals surface area contributed by atoms with Gasteiger partial charge in [-0.2, -0.15) is 0 Å². The molecular formula is C30H28N2O4. The molecule has 0 aliphatic heterocycles. The van der Waals surface area contributed by atoms with Gasteiger partial charge in [0.2, 0.25) is 0 Å². The first-order valence-corrected chi connectivity index (χ1v) is 11.6. The second kappa shape index (κ2) is 11.7. The van der Waals surface area contributed by atoms with Crippen molar-refractivity contribution in [1.29, 1.82) is 0 Å². The molecular weight excluding hydrogens is 452 g/mol. The van der Waals surface area contributed by atoms with Crippen molar-refractivity contribution in [3.63, 3.8) is 0 Å². The molecule has 0 unspecified atom stereocenters. The van der Waals surface area contributed by atoms with Crippen LogP contribution in [0.1, 0.15) is 33.4 Å². The van der Waals surface area contributed by atoms with Gasteiger partial charge in [0.1, 0.15) is 36.1 Å². The Hall–Kier alpha value is -4.58. The van der Waals surface area contributed by atoms with E-state index in [-0.39, 0.29) is 0 Å². The summed E-state index contributed by atoms with van der Waals surface area (Å²) < 4.78 is 11.6. The lowest BCUT2D eigenvalue weighted by molar-refractivity contribution is 0.217. The number of rotatable bonds is 9.